The Bertz CT molecular complexity index is 759. The van der Waals surface area contributed by atoms with Gasteiger partial charge in [-0.2, -0.15) is 0 Å². The number of hydrogen-bond acceptors (Lipinski definition) is 2. The highest BCUT2D eigenvalue weighted by atomic mass is 79.9. The fourth-order valence-corrected chi connectivity index (χ4v) is 3.39. The molecule has 1 aromatic heterocycles. The van der Waals surface area contributed by atoms with E-state index in [1.165, 1.54) is 12.1 Å². The SMILES string of the molecule is O=C(N[C@H]1CCC[C@H]1C(=O)O)c1cc2c(F)cc(Br)cc2[nH]1. The number of carboxylic acids is 1. The maximum Gasteiger partial charge on any atom is 0.308 e. The number of H-pyrrole nitrogens is 1. The molecular formula is C15H14BrFN2O3. The van der Waals surface area contributed by atoms with E-state index in [1.54, 1.807) is 6.07 Å². The molecule has 3 N–H and O–H groups in total. The van der Waals surface area contributed by atoms with Crippen LogP contribution in [0.15, 0.2) is 22.7 Å². The van der Waals surface area contributed by atoms with E-state index in [0.29, 0.717) is 28.2 Å². The zero-order valence-corrected chi connectivity index (χ0v) is 13.1. The number of rotatable bonds is 3. The molecule has 116 valence electrons. The largest absolute Gasteiger partial charge is 0.481 e. The van der Waals surface area contributed by atoms with Gasteiger partial charge in [0, 0.05) is 15.9 Å². The maximum absolute atomic E-state index is 13.8. The highest BCUT2D eigenvalue weighted by Crippen LogP contribution is 2.27. The first-order valence-corrected chi connectivity index (χ1v) is 7.76. The molecule has 1 aliphatic carbocycles. The predicted molar refractivity (Wildman–Crippen MR) is 82.2 cm³/mol. The first-order valence-electron chi connectivity index (χ1n) is 6.97. The summed E-state index contributed by atoms with van der Waals surface area (Å²) in [4.78, 5) is 26.3. The molecule has 5 nitrogen and oxygen atoms in total. The normalized spacial score (nSPS) is 21.2. The van der Waals surface area contributed by atoms with Gasteiger partial charge in [0.15, 0.2) is 0 Å². The molecule has 0 spiro atoms. The average Bonchev–Trinajstić information content (AvgIpc) is 3.04. The first-order chi connectivity index (χ1) is 10.5. The second-order valence-corrected chi connectivity index (χ2v) is 6.40. The third-order valence-corrected chi connectivity index (χ3v) is 4.50. The smallest absolute Gasteiger partial charge is 0.308 e. The van der Waals surface area contributed by atoms with E-state index in [-0.39, 0.29) is 11.7 Å². The highest BCUT2D eigenvalue weighted by Gasteiger charge is 2.34. The lowest BCUT2D eigenvalue weighted by atomic mass is 10.0. The Hall–Kier alpha value is -1.89. The Morgan fingerprint density at radius 2 is 2.09 bits per heavy atom. The molecule has 0 unspecified atom stereocenters. The van der Waals surface area contributed by atoms with Crippen LogP contribution >= 0.6 is 15.9 Å². The van der Waals surface area contributed by atoms with Gasteiger partial charge in [-0.1, -0.05) is 22.4 Å². The van der Waals surface area contributed by atoms with Crippen molar-refractivity contribution in [3.05, 3.63) is 34.2 Å². The van der Waals surface area contributed by atoms with Crippen molar-refractivity contribution in [3.8, 4) is 0 Å². The second kappa shape index (κ2) is 5.72. The highest BCUT2D eigenvalue weighted by molar-refractivity contribution is 9.10. The summed E-state index contributed by atoms with van der Waals surface area (Å²) in [6.07, 6.45) is 1.98. The molecule has 7 heteroatoms. The number of carbonyl (C=O) groups excluding carboxylic acids is 1. The van der Waals surface area contributed by atoms with Crippen LogP contribution in [0.25, 0.3) is 10.9 Å². The molecule has 2 aromatic rings. The van der Waals surface area contributed by atoms with Crippen LogP contribution in [0.5, 0.6) is 0 Å². The van der Waals surface area contributed by atoms with Gasteiger partial charge in [-0.25, -0.2) is 4.39 Å². The van der Waals surface area contributed by atoms with Crippen molar-refractivity contribution in [1.29, 1.82) is 0 Å². The minimum absolute atomic E-state index is 0.225. The molecule has 22 heavy (non-hydrogen) atoms. The molecular weight excluding hydrogens is 355 g/mol. The Kier molecular flexibility index (Phi) is 3.90. The van der Waals surface area contributed by atoms with Crippen molar-refractivity contribution in [1.82, 2.24) is 10.3 Å². The van der Waals surface area contributed by atoms with Crippen LogP contribution in [-0.4, -0.2) is 28.0 Å². The summed E-state index contributed by atoms with van der Waals surface area (Å²) in [5, 5.41) is 12.2. The summed E-state index contributed by atoms with van der Waals surface area (Å²) in [6.45, 7) is 0. The summed E-state index contributed by atoms with van der Waals surface area (Å²) < 4.78 is 14.4. The summed E-state index contributed by atoms with van der Waals surface area (Å²) >= 11 is 3.20. The van der Waals surface area contributed by atoms with E-state index >= 15 is 0 Å². The average molecular weight is 369 g/mol. The van der Waals surface area contributed by atoms with E-state index in [9.17, 15) is 14.0 Å². The van der Waals surface area contributed by atoms with Gasteiger partial charge in [0.1, 0.15) is 11.5 Å². The molecule has 0 saturated heterocycles. The van der Waals surface area contributed by atoms with Gasteiger partial charge in [-0.05, 0) is 31.0 Å². The van der Waals surface area contributed by atoms with E-state index in [4.69, 9.17) is 5.11 Å². The van der Waals surface area contributed by atoms with Crippen LogP contribution in [0.4, 0.5) is 4.39 Å². The molecule has 1 fully saturated rings. The van der Waals surface area contributed by atoms with Crippen LogP contribution < -0.4 is 5.32 Å². The molecule has 1 saturated carbocycles. The van der Waals surface area contributed by atoms with Crippen LogP contribution in [-0.2, 0) is 4.79 Å². The number of hydrogen-bond donors (Lipinski definition) is 3. The molecule has 0 aliphatic heterocycles. The van der Waals surface area contributed by atoms with E-state index in [0.717, 1.165) is 6.42 Å². The molecule has 1 heterocycles. The number of fused-ring (bicyclic) bond motifs is 1. The van der Waals surface area contributed by atoms with E-state index in [2.05, 4.69) is 26.2 Å². The maximum atomic E-state index is 13.8. The minimum atomic E-state index is -0.894. The summed E-state index contributed by atoms with van der Waals surface area (Å²) in [5.74, 6) is -2.29. The van der Waals surface area contributed by atoms with Crippen LogP contribution in [0.2, 0.25) is 0 Å². The quantitative estimate of drug-likeness (QED) is 0.778. The Labute approximate surface area is 134 Å². The summed E-state index contributed by atoms with van der Waals surface area (Å²) in [7, 11) is 0. The Morgan fingerprint density at radius 3 is 2.82 bits per heavy atom. The third-order valence-electron chi connectivity index (χ3n) is 4.05. The van der Waals surface area contributed by atoms with Crippen LogP contribution in [0.3, 0.4) is 0 Å². The number of aliphatic carboxylic acids is 1. The number of amides is 1. The van der Waals surface area contributed by atoms with Crippen molar-refractivity contribution < 1.29 is 19.1 Å². The fraction of sp³-hybridized carbons (Fsp3) is 0.333. The third kappa shape index (κ3) is 2.72. The number of benzene rings is 1. The predicted octanol–water partition coefficient (Wildman–Crippen LogP) is 3.05. The minimum Gasteiger partial charge on any atom is -0.481 e. The van der Waals surface area contributed by atoms with Crippen molar-refractivity contribution in [3.63, 3.8) is 0 Å². The molecule has 1 aliphatic rings. The first kappa shape index (κ1) is 15.0. The number of aromatic amines is 1. The lowest BCUT2D eigenvalue weighted by Crippen LogP contribution is -2.40. The van der Waals surface area contributed by atoms with Crippen molar-refractivity contribution >= 4 is 38.7 Å². The molecule has 1 amide bonds. The lowest BCUT2D eigenvalue weighted by molar-refractivity contribution is -0.142. The van der Waals surface area contributed by atoms with Gasteiger partial charge in [0.05, 0.1) is 11.4 Å². The van der Waals surface area contributed by atoms with Gasteiger partial charge in [0.25, 0.3) is 5.91 Å². The fourth-order valence-electron chi connectivity index (χ4n) is 2.96. The zero-order valence-electron chi connectivity index (χ0n) is 11.5. The van der Waals surface area contributed by atoms with Crippen molar-refractivity contribution in [2.24, 2.45) is 5.92 Å². The van der Waals surface area contributed by atoms with Crippen LogP contribution in [0, 0.1) is 11.7 Å². The Morgan fingerprint density at radius 1 is 1.32 bits per heavy atom. The van der Waals surface area contributed by atoms with E-state index < -0.39 is 23.6 Å². The second-order valence-electron chi connectivity index (χ2n) is 5.49. The van der Waals surface area contributed by atoms with Gasteiger partial charge >= 0.3 is 5.97 Å². The Balaban J connectivity index is 1.83. The number of carboxylic acid groups (broad SMARTS) is 1. The molecule has 3 rings (SSSR count). The van der Waals surface area contributed by atoms with Crippen molar-refractivity contribution in [2.45, 2.75) is 25.3 Å². The van der Waals surface area contributed by atoms with Gasteiger partial charge in [-0.15, -0.1) is 0 Å². The van der Waals surface area contributed by atoms with Gasteiger partial charge < -0.3 is 15.4 Å². The van der Waals surface area contributed by atoms with Gasteiger partial charge in [-0.3, -0.25) is 9.59 Å². The number of aromatic nitrogens is 1. The topological polar surface area (TPSA) is 82.2 Å². The van der Waals surface area contributed by atoms with Crippen molar-refractivity contribution in [2.75, 3.05) is 0 Å². The number of nitrogens with one attached hydrogen (secondary N) is 2. The molecule has 0 radical (unpaired) electrons. The molecule has 1 aromatic carbocycles. The zero-order chi connectivity index (χ0) is 15.9. The van der Waals surface area contributed by atoms with Gasteiger partial charge in [0.2, 0.25) is 0 Å². The number of carbonyl (C=O) groups is 2. The van der Waals surface area contributed by atoms with E-state index in [1.807, 2.05) is 0 Å². The molecule has 0 bridgehead atoms. The van der Waals surface area contributed by atoms with Crippen LogP contribution in [0.1, 0.15) is 29.8 Å². The standard InChI is InChI=1S/C15H14BrFN2O3/c16-7-4-10(17)9-6-13(18-12(9)5-7)14(20)19-11-3-1-2-8(11)15(21)22/h4-6,8,11,18H,1-3H2,(H,19,20)(H,21,22)/t8-,11+/m1/s1. The summed E-state index contributed by atoms with van der Waals surface area (Å²) in [5.41, 5.74) is 0.737. The lowest BCUT2D eigenvalue weighted by Gasteiger charge is -2.16. The number of halogens is 2. The monoisotopic (exact) mass is 368 g/mol. The molecule has 2 atom stereocenters. The summed E-state index contributed by atoms with van der Waals surface area (Å²) in [6, 6.07) is 4.07.